The van der Waals surface area contributed by atoms with Gasteiger partial charge >= 0.3 is 0 Å². The van der Waals surface area contributed by atoms with Crippen LogP contribution in [0.25, 0.3) is 10.9 Å². The quantitative estimate of drug-likeness (QED) is 0.783. The van der Waals surface area contributed by atoms with E-state index in [0.717, 1.165) is 10.9 Å². The Bertz CT molecular complexity index is 691. The first-order valence-corrected chi connectivity index (χ1v) is 6.61. The summed E-state index contributed by atoms with van der Waals surface area (Å²) in [5.41, 5.74) is 1.29. The summed E-state index contributed by atoms with van der Waals surface area (Å²) in [6.07, 6.45) is 0. The molecule has 1 amide bonds. The molecule has 5 heteroatoms. The summed E-state index contributed by atoms with van der Waals surface area (Å²) < 4.78 is 0. The van der Waals surface area contributed by atoms with Crippen LogP contribution in [-0.4, -0.2) is 30.5 Å². The average molecular weight is 273 g/mol. The standard InChI is InChI=1S/C15H19N3O2/c1-9(16-3)8-17-14(19)13-10(2)11-6-4-5-7-12(11)18-15(13)20/h4-7,9,16H,8H2,1-3H3,(H,17,19)(H,18,20). The van der Waals surface area contributed by atoms with Gasteiger partial charge in [0, 0.05) is 23.5 Å². The predicted octanol–water partition coefficient (Wildman–Crippen LogP) is 1.17. The van der Waals surface area contributed by atoms with E-state index >= 15 is 0 Å². The van der Waals surface area contributed by atoms with Crippen LogP contribution >= 0.6 is 0 Å². The number of benzene rings is 1. The van der Waals surface area contributed by atoms with Crippen molar-refractivity contribution >= 4 is 16.8 Å². The minimum absolute atomic E-state index is 0.152. The molecular formula is C15H19N3O2. The molecule has 106 valence electrons. The zero-order valence-electron chi connectivity index (χ0n) is 11.9. The molecule has 0 bridgehead atoms. The number of hydrogen-bond acceptors (Lipinski definition) is 3. The van der Waals surface area contributed by atoms with Crippen molar-refractivity contribution in [2.45, 2.75) is 19.9 Å². The molecular weight excluding hydrogens is 254 g/mol. The van der Waals surface area contributed by atoms with Gasteiger partial charge in [0.25, 0.3) is 11.5 Å². The number of likely N-dealkylation sites (N-methyl/N-ethyl adjacent to an activating group) is 1. The van der Waals surface area contributed by atoms with Crippen molar-refractivity contribution in [1.29, 1.82) is 0 Å². The summed E-state index contributed by atoms with van der Waals surface area (Å²) >= 11 is 0. The minimum atomic E-state index is -0.351. The molecule has 1 unspecified atom stereocenters. The van der Waals surface area contributed by atoms with E-state index in [1.807, 2.05) is 38.2 Å². The number of hydrogen-bond donors (Lipinski definition) is 3. The van der Waals surface area contributed by atoms with Crippen LogP contribution in [0, 0.1) is 6.92 Å². The monoisotopic (exact) mass is 273 g/mol. The second-order valence-electron chi connectivity index (χ2n) is 4.90. The molecule has 1 atom stereocenters. The number of H-pyrrole nitrogens is 1. The Hall–Kier alpha value is -2.14. The number of fused-ring (bicyclic) bond motifs is 1. The molecule has 0 aliphatic carbocycles. The Morgan fingerprint density at radius 2 is 2.05 bits per heavy atom. The van der Waals surface area contributed by atoms with E-state index in [-0.39, 0.29) is 23.1 Å². The van der Waals surface area contributed by atoms with Crippen LogP contribution in [0.15, 0.2) is 29.1 Å². The smallest absolute Gasteiger partial charge is 0.261 e. The van der Waals surface area contributed by atoms with Gasteiger partial charge in [-0.15, -0.1) is 0 Å². The van der Waals surface area contributed by atoms with Gasteiger partial charge < -0.3 is 15.6 Å². The van der Waals surface area contributed by atoms with Gasteiger partial charge in [0.1, 0.15) is 5.56 Å². The number of nitrogens with one attached hydrogen (secondary N) is 3. The van der Waals surface area contributed by atoms with Gasteiger partial charge in [0.2, 0.25) is 0 Å². The molecule has 0 aliphatic rings. The Morgan fingerprint density at radius 3 is 2.75 bits per heavy atom. The van der Waals surface area contributed by atoms with Crippen LogP contribution in [0.4, 0.5) is 0 Å². The van der Waals surface area contributed by atoms with E-state index in [4.69, 9.17) is 0 Å². The van der Waals surface area contributed by atoms with Crippen molar-refractivity contribution in [2.24, 2.45) is 0 Å². The number of amides is 1. The molecule has 0 saturated heterocycles. The van der Waals surface area contributed by atoms with Crippen LogP contribution in [-0.2, 0) is 0 Å². The van der Waals surface area contributed by atoms with Crippen molar-refractivity contribution in [3.8, 4) is 0 Å². The SMILES string of the molecule is CNC(C)CNC(=O)c1c(C)c2ccccc2[nH]c1=O. The third-order valence-electron chi connectivity index (χ3n) is 3.47. The average Bonchev–Trinajstić information content (AvgIpc) is 2.44. The first-order chi connectivity index (χ1) is 9.54. The van der Waals surface area contributed by atoms with Crippen LogP contribution < -0.4 is 16.2 Å². The first kappa shape index (κ1) is 14.3. The molecule has 0 fully saturated rings. The fraction of sp³-hybridized carbons (Fsp3) is 0.333. The van der Waals surface area contributed by atoms with E-state index in [0.29, 0.717) is 12.1 Å². The molecule has 0 aliphatic heterocycles. The maximum absolute atomic E-state index is 12.2. The lowest BCUT2D eigenvalue weighted by Crippen LogP contribution is -2.39. The summed E-state index contributed by atoms with van der Waals surface area (Å²) in [5, 5.41) is 6.69. The molecule has 5 nitrogen and oxygen atoms in total. The van der Waals surface area contributed by atoms with E-state index in [2.05, 4.69) is 15.6 Å². The number of para-hydroxylation sites is 1. The summed E-state index contributed by atoms with van der Waals surface area (Å²) in [7, 11) is 1.82. The second-order valence-corrected chi connectivity index (χ2v) is 4.90. The molecule has 0 spiro atoms. The Labute approximate surface area is 117 Å². The summed E-state index contributed by atoms with van der Waals surface area (Å²) in [6, 6.07) is 7.62. The number of aromatic amines is 1. The van der Waals surface area contributed by atoms with Crippen molar-refractivity contribution in [3.05, 3.63) is 45.7 Å². The maximum atomic E-state index is 12.2. The Kier molecular flexibility index (Phi) is 4.20. The second kappa shape index (κ2) is 5.88. The molecule has 0 radical (unpaired) electrons. The van der Waals surface area contributed by atoms with Gasteiger partial charge in [0.05, 0.1) is 0 Å². The van der Waals surface area contributed by atoms with E-state index in [1.54, 1.807) is 6.92 Å². The number of rotatable bonds is 4. The number of carbonyl (C=O) groups excluding carboxylic acids is 1. The predicted molar refractivity (Wildman–Crippen MR) is 80.2 cm³/mol. The third kappa shape index (κ3) is 2.72. The maximum Gasteiger partial charge on any atom is 0.261 e. The zero-order chi connectivity index (χ0) is 14.7. The molecule has 0 saturated carbocycles. The summed E-state index contributed by atoms with van der Waals surface area (Å²) in [6.45, 7) is 4.23. The first-order valence-electron chi connectivity index (χ1n) is 6.61. The highest BCUT2D eigenvalue weighted by Gasteiger charge is 2.16. The highest BCUT2D eigenvalue weighted by molar-refractivity contribution is 5.99. The lowest BCUT2D eigenvalue weighted by molar-refractivity contribution is 0.0948. The Balaban J connectivity index is 2.39. The number of aryl methyl sites for hydroxylation is 1. The van der Waals surface area contributed by atoms with Crippen molar-refractivity contribution in [3.63, 3.8) is 0 Å². The highest BCUT2D eigenvalue weighted by Crippen LogP contribution is 2.16. The molecule has 20 heavy (non-hydrogen) atoms. The van der Waals surface area contributed by atoms with Crippen LogP contribution in [0.5, 0.6) is 0 Å². The fourth-order valence-corrected chi connectivity index (χ4v) is 2.12. The van der Waals surface area contributed by atoms with Crippen molar-refractivity contribution < 1.29 is 4.79 Å². The van der Waals surface area contributed by atoms with E-state index < -0.39 is 0 Å². The number of carbonyl (C=O) groups is 1. The molecule has 2 rings (SSSR count). The van der Waals surface area contributed by atoms with Gasteiger partial charge in [0.15, 0.2) is 0 Å². The largest absolute Gasteiger partial charge is 0.350 e. The molecule has 2 aromatic rings. The van der Waals surface area contributed by atoms with Gasteiger partial charge in [-0.05, 0) is 32.5 Å². The van der Waals surface area contributed by atoms with Gasteiger partial charge in [-0.1, -0.05) is 18.2 Å². The van der Waals surface area contributed by atoms with Gasteiger partial charge in [-0.2, -0.15) is 0 Å². The molecule has 1 heterocycles. The summed E-state index contributed by atoms with van der Waals surface area (Å²) in [4.78, 5) is 27.0. The lowest BCUT2D eigenvalue weighted by Gasteiger charge is -2.13. The van der Waals surface area contributed by atoms with Crippen molar-refractivity contribution in [2.75, 3.05) is 13.6 Å². The van der Waals surface area contributed by atoms with Gasteiger partial charge in [-0.3, -0.25) is 9.59 Å². The zero-order valence-corrected chi connectivity index (χ0v) is 11.9. The number of pyridine rings is 1. The van der Waals surface area contributed by atoms with Crippen LogP contribution in [0.2, 0.25) is 0 Å². The van der Waals surface area contributed by atoms with Crippen LogP contribution in [0.1, 0.15) is 22.8 Å². The Morgan fingerprint density at radius 1 is 1.35 bits per heavy atom. The van der Waals surface area contributed by atoms with Gasteiger partial charge in [-0.25, -0.2) is 0 Å². The minimum Gasteiger partial charge on any atom is -0.350 e. The number of aromatic nitrogens is 1. The van der Waals surface area contributed by atoms with Crippen molar-refractivity contribution in [1.82, 2.24) is 15.6 Å². The fourth-order valence-electron chi connectivity index (χ4n) is 2.12. The summed E-state index contributed by atoms with van der Waals surface area (Å²) in [5.74, 6) is -0.336. The normalized spacial score (nSPS) is 12.3. The molecule has 3 N–H and O–H groups in total. The van der Waals surface area contributed by atoms with E-state index in [9.17, 15) is 9.59 Å². The van der Waals surface area contributed by atoms with Crippen LogP contribution in [0.3, 0.4) is 0 Å². The molecule has 1 aromatic carbocycles. The lowest BCUT2D eigenvalue weighted by atomic mass is 10.0. The highest BCUT2D eigenvalue weighted by atomic mass is 16.2. The molecule has 1 aromatic heterocycles. The van der Waals surface area contributed by atoms with E-state index in [1.165, 1.54) is 0 Å². The topological polar surface area (TPSA) is 74.0 Å². The third-order valence-corrected chi connectivity index (χ3v) is 3.47.